The number of benzene rings is 2. The molecule has 6 nitrogen and oxygen atoms in total. The van der Waals surface area contributed by atoms with E-state index in [1.807, 2.05) is 43.3 Å². The second kappa shape index (κ2) is 8.75. The van der Waals surface area contributed by atoms with Gasteiger partial charge in [0.1, 0.15) is 11.6 Å². The first-order chi connectivity index (χ1) is 13.5. The molecule has 0 bridgehead atoms. The van der Waals surface area contributed by atoms with Crippen LogP contribution in [0.25, 0.3) is 0 Å². The van der Waals surface area contributed by atoms with Gasteiger partial charge < -0.3 is 10.1 Å². The first kappa shape index (κ1) is 19.7. The molecule has 2 N–H and O–H groups in total. The van der Waals surface area contributed by atoms with E-state index in [1.54, 1.807) is 31.4 Å². The summed E-state index contributed by atoms with van der Waals surface area (Å²) in [5.41, 5.74) is 2.50. The predicted octanol–water partition coefficient (Wildman–Crippen LogP) is 4.07. The quantitative estimate of drug-likeness (QED) is 0.599. The summed E-state index contributed by atoms with van der Waals surface area (Å²) in [6.07, 6.45) is 2.35. The van der Waals surface area contributed by atoms with Crippen molar-refractivity contribution in [1.29, 1.82) is 0 Å². The average Bonchev–Trinajstić information content (AvgIpc) is 2.73. The number of hydrogen-bond donors (Lipinski definition) is 2. The normalized spacial score (nSPS) is 11.1. The molecule has 0 saturated carbocycles. The van der Waals surface area contributed by atoms with Gasteiger partial charge in [0.05, 0.1) is 23.9 Å². The Morgan fingerprint density at radius 3 is 2.39 bits per heavy atom. The van der Waals surface area contributed by atoms with Crippen LogP contribution in [0.5, 0.6) is 5.75 Å². The van der Waals surface area contributed by atoms with Crippen LogP contribution in [0.3, 0.4) is 0 Å². The standard InChI is InChI=1S/C21H23N3O3S/c1-3-16-8-11-19(12-9-16)28(25,26)24-18-10-13-21(23-15-18)22-14-17-6-4-5-7-20(17)27-2/h4-13,15,24H,3,14H2,1-2H3,(H,22,23). The van der Waals surface area contributed by atoms with Gasteiger partial charge in [0.15, 0.2) is 0 Å². The van der Waals surface area contributed by atoms with Crippen LogP contribution in [0.4, 0.5) is 11.5 Å². The van der Waals surface area contributed by atoms with Gasteiger partial charge in [-0.15, -0.1) is 0 Å². The highest BCUT2D eigenvalue weighted by atomic mass is 32.2. The maximum Gasteiger partial charge on any atom is 0.261 e. The second-order valence-corrected chi connectivity index (χ2v) is 7.88. The SMILES string of the molecule is CCc1ccc(S(=O)(=O)Nc2ccc(NCc3ccccc3OC)nc2)cc1. The van der Waals surface area contributed by atoms with Crippen molar-refractivity contribution in [1.82, 2.24) is 4.98 Å². The topological polar surface area (TPSA) is 80.3 Å². The Morgan fingerprint density at radius 2 is 1.75 bits per heavy atom. The Kier molecular flexibility index (Phi) is 6.16. The fourth-order valence-corrected chi connectivity index (χ4v) is 3.76. The lowest BCUT2D eigenvalue weighted by Gasteiger charge is -2.11. The van der Waals surface area contributed by atoms with Gasteiger partial charge in [-0.3, -0.25) is 4.72 Å². The molecule has 0 saturated heterocycles. The van der Waals surface area contributed by atoms with Gasteiger partial charge in [-0.05, 0) is 42.3 Å². The molecule has 28 heavy (non-hydrogen) atoms. The lowest BCUT2D eigenvalue weighted by molar-refractivity contribution is 0.410. The number of anilines is 2. The van der Waals surface area contributed by atoms with Gasteiger partial charge in [-0.25, -0.2) is 13.4 Å². The molecule has 0 amide bonds. The van der Waals surface area contributed by atoms with Crippen molar-refractivity contribution in [3.63, 3.8) is 0 Å². The van der Waals surface area contributed by atoms with Crippen LogP contribution in [-0.4, -0.2) is 20.5 Å². The Bertz CT molecular complexity index is 1020. The van der Waals surface area contributed by atoms with E-state index in [1.165, 1.54) is 6.20 Å². The van der Waals surface area contributed by atoms with Crippen molar-refractivity contribution in [2.75, 3.05) is 17.1 Å². The first-order valence-corrected chi connectivity index (χ1v) is 10.4. The maximum absolute atomic E-state index is 12.5. The maximum atomic E-state index is 12.5. The monoisotopic (exact) mass is 397 g/mol. The van der Waals surface area contributed by atoms with Gasteiger partial charge in [-0.2, -0.15) is 0 Å². The van der Waals surface area contributed by atoms with Gasteiger partial charge in [-0.1, -0.05) is 37.3 Å². The summed E-state index contributed by atoms with van der Waals surface area (Å²) in [7, 11) is -2.01. The summed E-state index contributed by atoms with van der Waals surface area (Å²) in [4.78, 5) is 4.50. The van der Waals surface area contributed by atoms with Crippen LogP contribution < -0.4 is 14.8 Å². The molecule has 0 aliphatic rings. The minimum Gasteiger partial charge on any atom is -0.496 e. The highest BCUT2D eigenvalue weighted by Gasteiger charge is 2.14. The molecule has 3 aromatic rings. The zero-order valence-corrected chi connectivity index (χ0v) is 16.7. The highest BCUT2D eigenvalue weighted by molar-refractivity contribution is 7.92. The zero-order chi connectivity index (χ0) is 20.0. The van der Waals surface area contributed by atoms with Crippen LogP contribution in [-0.2, 0) is 23.0 Å². The minimum absolute atomic E-state index is 0.225. The number of ether oxygens (including phenoxy) is 1. The number of methoxy groups -OCH3 is 1. The number of hydrogen-bond acceptors (Lipinski definition) is 5. The summed E-state index contributed by atoms with van der Waals surface area (Å²) in [6, 6.07) is 18.0. The highest BCUT2D eigenvalue weighted by Crippen LogP contribution is 2.20. The van der Waals surface area contributed by atoms with E-state index < -0.39 is 10.0 Å². The second-order valence-electron chi connectivity index (χ2n) is 6.20. The molecule has 0 spiro atoms. The molecule has 0 radical (unpaired) electrons. The summed E-state index contributed by atoms with van der Waals surface area (Å²) in [5.74, 6) is 1.44. The number of para-hydroxylation sites is 1. The minimum atomic E-state index is -3.64. The Labute approximate surface area is 165 Å². The molecule has 146 valence electrons. The van der Waals surface area contributed by atoms with E-state index in [-0.39, 0.29) is 4.90 Å². The zero-order valence-electron chi connectivity index (χ0n) is 15.8. The van der Waals surface area contributed by atoms with Gasteiger partial charge in [0.2, 0.25) is 0 Å². The summed E-state index contributed by atoms with van der Waals surface area (Å²) in [6.45, 7) is 2.57. The van der Waals surface area contributed by atoms with Crippen LogP contribution >= 0.6 is 0 Å². The molecular weight excluding hydrogens is 374 g/mol. The number of sulfonamides is 1. The van der Waals surface area contributed by atoms with Crippen molar-refractivity contribution in [2.24, 2.45) is 0 Å². The Balaban J connectivity index is 1.65. The molecule has 0 unspecified atom stereocenters. The number of aromatic nitrogens is 1. The first-order valence-electron chi connectivity index (χ1n) is 8.95. The third kappa shape index (κ3) is 4.80. The fraction of sp³-hybridized carbons (Fsp3) is 0.190. The summed E-state index contributed by atoms with van der Waals surface area (Å²) < 4.78 is 32.9. The average molecular weight is 398 g/mol. The molecule has 3 rings (SSSR count). The number of rotatable bonds is 8. The van der Waals surface area contributed by atoms with E-state index in [4.69, 9.17) is 4.74 Å². The predicted molar refractivity (Wildman–Crippen MR) is 111 cm³/mol. The van der Waals surface area contributed by atoms with Crippen LogP contribution in [0.2, 0.25) is 0 Å². The van der Waals surface area contributed by atoms with Crippen molar-refractivity contribution < 1.29 is 13.2 Å². The van der Waals surface area contributed by atoms with Crippen molar-refractivity contribution >= 4 is 21.5 Å². The van der Waals surface area contributed by atoms with E-state index in [0.29, 0.717) is 18.1 Å². The van der Waals surface area contributed by atoms with Gasteiger partial charge in [0.25, 0.3) is 10.0 Å². The third-order valence-electron chi connectivity index (χ3n) is 4.31. The molecule has 1 aromatic heterocycles. The third-order valence-corrected chi connectivity index (χ3v) is 5.71. The molecular formula is C21H23N3O3S. The fourth-order valence-electron chi connectivity index (χ4n) is 2.71. The lowest BCUT2D eigenvalue weighted by atomic mass is 10.2. The largest absolute Gasteiger partial charge is 0.496 e. The van der Waals surface area contributed by atoms with Crippen molar-refractivity contribution in [3.8, 4) is 5.75 Å². The molecule has 1 heterocycles. The summed E-state index contributed by atoms with van der Waals surface area (Å²) >= 11 is 0. The van der Waals surface area contributed by atoms with Crippen LogP contribution in [0, 0.1) is 0 Å². The summed E-state index contributed by atoms with van der Waals surface area (Å²) in [5, 5.41) is 3.20. The van der Waals surface area contributed by atoms with E-state index in [9.17, 15) is 8.42 Å². The molecule has 0 atom stereocenters. The molecule has 0 aliphatic heterocycles. The number of aryl methyl sites for hydroxylation is 1. The van der Waals surface area contributed by atoms with E-state index >= 15 is 0 Å². The lowest BCUT2D eigenvalue weighted by Crippen LogP contribution is -2.13. The smallest absolute Gasteiger partial charge is 0.261 e. The van der Waals surface area contributed by atoms with Gasteiger partial charge >= 0.3 is 0 Å². The van der Waals surface area contributed by atoms with Crippen LogP contribution in [0.15, 0.2) is 71.8 Å². The van der Waals surface area contributed by atoms with E-state index in [2.05, 4.69) is 15.0 Å². The number of nitrogens with one attached hydrogen (secondary N) is 2. The molecule has 7 heteroatoms. The van der Waals surface area contributed by atoms with Crippen molar-refractivity contribution in [2.45, 2.75) is 24.8 Å². The van der Waals surface area contributed by atoms with Crippen molar-refractivity contribution in [3.05, 3.63) is 78.0 Å². The van der Waals surface area contributed by atoms with Gasteiger partial charge in [0, 0.05) is 12.1 Å². The Morgan fingerprint density at radius 1 is 1.00 bits per heavy atom. The van der Waals surface area contributed by atoms with Crippen LogP contribution in [0.1, 0.15) is 18.1 Å². The Hall–Kier alpha value is -3.06. The molecule has 0 fully saturated rings. The molecule has 2 aromatic carbocycles. The number of nitrogens with zero attached hydrogens (tertiary/aromatic N) is 1. The molecule has 0 aliphatic carbocycles. The van der Waals surface area contributed by atoms with E-state index in [0.717, 1.165) is 23.3 Å². The number of pyridine rings is 1.